The molecule has 1 saturated heterocycles. The molecule has 2 aliphatic carbocycles. The third kappa shape index (κ3) is 3.64. The third-order valence-electron chi connectivity index (χ3n) is 5.92. The Bertz CT molecular complexity index is 682. The number of nitrogens with zero attached hydrogens (tertiary/aromatic N) is 1. The van der Waals surface area contributed by atoms with E-state index in [0.29, 0.717) is 12.0 Å². The van der Waals surface area contributed by atoms with Crippen molar-refractivity contribution in [2.75, 3.05) is 5.75 Å². The first-order chi connectivity index (χ1) is 12.6. The average Bonchev–Trinajstić information content (AvgIpc) is 3.36. The number of rotatable bonds is 4. The van der Waals surface area contributed by atoms with Gasteiger partial charge < -0.3 is 10.2 Å². The van der Waals surface area contributed by atoms with Gasteiger partial charge in [-0.1, -0.05) is 37.5 Å². The average molecular weight is 373 g/mol. The van der Waals surface area contributed by atoms with E-state index in [9.17, 15) is 9.59 Å². The standard InChI is InChI=1S/C21H28N2O2S/c1-14-7-5-6-10-17(14)20(25)23-18(19(24)22-16-11-12-16)13-26-21(23)15-8-3-2-4-9-15/h5-7,10,15-16,18,21H,2-4,8-9,11-13H2,1H3,(H,22,24)/t18-,21-/m1/s1. The third-order valence-corrected chi connectivity index (χ3v) is 7.39. The molecular formula is C21H28N2O2S. The van der Waals surface area contributed by atoms with Gasteiger partial charge in [-0.15, -0.1) is 11.8 Å². The van der Waals surface area contributed by atoms with E-state index in [1.807, 2.05) is 47.9 Å². The van der Waals surface area contributed by atoms with Gasteiger partial charge in [-0.25, -0.2) is 0 Å². The molecule has 1 aromatic carbocycles. The Kier molecular flexibility index (Phi) is 5.25. The second-order valence-electron chi connectivity index (χ2n) is 7.95. The zero-order valence-corrected chi connectivity index (χ0v) is 16.3. The highest BCUT2D eigenvalue weighted by atomic mass is 32.2. The Morgan fingerprint density at radius 2 is 1.81 bits per heavy atom. The highest BCUT2D eigenvalue weighted by molar-refractivity contribution is 8.00. The molecule has 1 aliphatic heterocycles. The van der Waals surface area contributed by atoms with Crippen LogP contribution in [0.3, 0.4) is 0 Å². The van der Waals surface area contributed by atoms with E-state index in [1.54, 1.807) is 0 Å². The van der Waals surface area contributed by atoms with E-state index in [0.717, 1.165) is 29.7 Å². The lowest BCUT2D eigenvalue weighted by atomic mass is 9.88. The minimum Gasteiger partial charge on any atom is -0.352 e. The molecule has 4 rings (SSSR count). The lowest BCUT2D eigenvalue weighted by Crippen LogP contribution is -2.52. The van der Waals surface area contributed by atoms with Crippen molar-refractivity contribution in [3.63, 3.8) is 0 Å². The Hall–Kier alpha value is -1.49. The van der Waals surface area contributed by atoms with Crippen LogP contribution in [0.2, 0.25) is 0 Å². The molecule has 0 unspecified atom stereocenters. The van der Waals surface area contributed by atoms with Gasteiger partial charge in [0.2, 0.25) is 5.91 Å². The SMILES string of the molecule is Cc1ccccc1C(=O)N1[C@@H](C(=O)NC2CC2)CS[C@@H]1C1CCCCC1. The van der Waals surface area contributed by atoms with Crippen LogP contribution in [0.25, 0.3) is 0 Å². The summed E-state index contributed by atoms with van der Waals surface area (Å²) in [6, 6.07) is 7.75. The molecule has 4 nitrogen and oxygen atoms in total. The monoisotopic (exact) mass is 372 g/mol. The van der Waals surface area contributed by atoms with Crippen LogP contribution in [0.15, 0.2) is 24.3 Å². The van der Waals surface area contributed by atoms with Crippen molar-refractivity contribution in [2.24, 2.45) is 5.92 Å². The maximum absolute atomic E-state index is 13.5. The summed E-state index contributed by atoms with van der Waals surface area (Å²) in [4.78, 5) is 28.2. The van der Waals surface area contributed by atoms with Crippen molar-refractivity contribution in [1.82, 2.24) is 10.2 Å². The van der Waals surface area contributed by atoms with Crippen molar-refractivity contribution in [3.8, 4) is 0 Å². The second kappa shape index (κ2) is 7.63. The number of carbonyl (C=O) groups excluding carboxylic acids is 2. The summed E-state index contributed by atoms with van der Waals surface area (Å²) in [5, 5.41) is 3.26. The summed E-state index contributed by atoms with van der Waals surface area (Å²) in [6.07, 6.45) is 8.27. The van der Waals surface area contributed by atoms with E-state index in [-0.39, 0.29) is 23.2 Å². The predicted octanol–water partition coefficient (Wildman–Crippen LogP) is 3.74. The molecule has 0 spiro atoms. The minimum absolute atomic E-state index is 0.0274. The van der Waals surface area contributed by atoms with Gasteiger partial charge in [0, 0.05) is 17.4 Å². The molecule has 2 amide bonds. The van der Waals surface area contributed by atoms with Crippen molar-refractivity contribution < 1.29 is 9.59 Å². The van der Waals surface area contributed by atoms with E-state index in [1.165, 1.54) is 32.1 Å². The summed E-state index contributed by atoms with van der Waals surface area (Å²) in [5.74, 6) is 1.30. The van der Waals surface area contributed by atoms with E-state index >= 15 is 0 Å². The fourth-order valence-electron chi connectivity index (χ4n) is 4.25. The van der Waals surface area contributed by atoms with E-state index in [2.05, 4.69) is 5.32 Å². The zero-order valence-electron chi connectivity index (χ0n) is 15.4. The minimum atomic E-state index is -0.334. The van der Waals surface area contributed by atoms with Gasteiger partial charge in [-0.05, 0) is 50.2 Å². The fraction of sp³-hybridized carbons (Fsp3) is 0.619. The van der Waals surface area contributed by atoms with Crippen LogP contribution in [0, 0.1) is 12.8 Å². The molecular weight excluding hydrogens is 344 g/mol. The molecule has 1 aromatic rings. The normalized spacial score (nSPS) is 26.7. The van der Waals surface area contributed by atoms with Gasteiger partial charge >= 0.3 is 0 Å². The van der Waals surface area contributed by atoms with Crippen molar-refractivity contribution in [3.05, 3.63) is 35.4 Å². The molecule has 0 aromatic heterocycles. The van der Waals surface area contributed by atoms with Crippen molar-refractivity contribution >= 4 is 23.6 Å². The molecule has 2 saturated carbocycles. The van der Waals surface area contributed by atoms with Gasteiger partial charge in [0.05, 0.1) is 5.37 Å². The Morgan fingerprint density at radius 1 is 1.08 bits per heavy atom. The van der Waals surface area contributed by atoms with Gasteiger partial charge in [0.15, 0.2) is 0 Å². The lowest BCUT2D eigenvalue weighted by Gasteiger charge is -2.35. The topological polar surface area (TPSA) is 49.4 Å². The molecule has 5 heteroatoms. The molecule has 3 aliphatic rings. The first kappa shape index (κ1) is 17.9. The highest BCUT2D eigenvalue weighted by Gasteiger charge is 2.46. The summed E-state index contributed by atoms with van der Waals surface area (Å²) >= 11 is 1.81. The number of thioether (sulfide) groups is 1. The van der Waals surface area contributed by atoms with E-state index < -0.39 is 0 Å². The Labute approximate surface area is 160 Å². The van der Waals surface area contributed by atoms with Crippen LogP contribution in [0.1, 0.15) is 60.9 Å². The van der Waals surface area contributed by atoms with Crippen molar-refractivity contribution in [2.45, 2.75) is 69.3 Å². The molecule has 26 heavy (non-hydrogen) atoms. The first-order valence-corrected chi connectivity index (χ1v) is 11.0. The number of carbonyl (C=O) groups is 2. The molecule has 0 bridgehead atoms. The highest BCUT2D eigenvalue weighted by Crippen LogP contribution is 2.41. The predicted molar refractivity (Wildman–Crippen MR) is 105 cm³/mol. The fourth-order valence-corrected chi connectivity index (χ4v) is 5.89. The second-order valence-corrected chi connectivity index (χ2v) is 9.10. The van der Waals surface area contributed by atoms with Gasteiger partial charge in [-0.3, -0.25) is 9.59 Å². The molecule has 140 valence electrons. The first-order valence-electron chi connectivity index (χ1n) is 9.95. The van der Waals surface area contributed by atoms with Gasteiger partial charge in [-0.2, -0.15) is 0 Å². The maximum atomic E-state index is 13.5. The molecule has 2 atom stereocenters. The number of benzene rings is 1. The lowest BCUT2D eigenvalue weighted by molar-refractivity contribution is -0.125. The molecule has 1 heterocycles. The van der Waals surface area contributed by atoms with Crippen LogP contribution in [0.5, 0.6) is 0 Å². The Morgan fingerprint density at radius 3 is 2.50 bits per heavy atom. The number of nitrogens with one attached hydrogen (secondary N) is 1. The summed E-state index contributed by atoms with van der Waals surface area (Å²) < 4.78 is 0. The van der Waals surface area contributed by atoms with Crippen LogP contribution in [-0.2, 0) is 4.79 Å². The number of amides is 2. The smallest absolute Gasteiger partial charge is 0.255 e. The number of hydrogen-bond donors (Lipinski definition) is 1. The summed E-state index contributed by atoms with van der Waals surface area (Å²) in [6.45, 7) is 1.98. The van der Waals surface area contributed by atoms with E-state index in [4.69, 9.17) is 0 Å². The van der Waals surface area contributed by atoms with Gasteiger partial charge in [0.1, 0.15) is 6.04 Å². The van der Waals surface area contributed by atoms with Crippen LogP contribution >= 0.6 is 11.8 Å². The largest absolute Gasteiger partial charge is 0.352 e. The number of hydrogen-bond acceptors (Lipinski definition) is 3. The Balaban J connectivity index is 1.61. The van der Waals surface area contributed by atoms with Crippen LogP contribution in [-0.4, -0.2) is 39.9 Å². The quantitative estimate of drug-likeness (QED) is 0.876. The molecule has 1 N–H and O–H groups in total. The zero-order chi connectivity index (χ0) is 18.1. The van der Waals surface area contributed by atoms with Crippen molar-refractivity contribution in [1.29, 1.82) is 0 Å². The molecule has 0 radical (unpaired) electrons. The maximum Gasteiger partial charge on any atom is 0.255 e. The summed E-state index contributed by atoms with van der Waals surface area (Å²) in [7, 11) is 0. The van der Waals surface area contributed by atoms with Crippen LogP contribution < -0.4 is 5.32 Å². The summed E-state index contributed by atoms with van der Waals surface area (Å²) in [5.41, 5.74) is 1.72. The molecule has 3 fully saturated rings. The van der Waals surface area contributed by atoms with Crippen LogP contribution in [0.4, 0.5) is 0 Å². The number of aryl methyl sites for hydroxylation is 1. The van der Waals surface area contributed by atoms with Gasteiger partial charge in [0.25, 0.3) is 5.91 Å².